The van der Waals surface area contributed by atoms with E-state index < -0.39 is 0 Å². The second kappa shape index (κ2) is 4.48. The van der Waals surface area contributed by atoms with Gasteiger partial charge in [0.15, 0.2) is 0 Å². The molecular formula is C12H15Cl. The van der Waals surface area contributed by atoms with E-state index in [0.717, 1.165) is 5.02 Å². The van der Waals surface area contributed by atoms with Crippen molar-refractivity contribution in [3.63, 3.8) is 0 Å². The average molecular weight is 195 g/mol. The Hall–Kier alpha value is -0.750. The predicted octanol–water partition coefficient (Wildman–Crippen LogP) is 4.40. The third kappa shape index (κ3) is 3.23. The van der Waals surface area contributed by atoms with Crippen molar-refractivity contribution >= 4 is 17.7 Å². The van der Waals surface area contributed by atoms with E-state index in [0.29, 0.717) is 5.92 Å². The van der Waals surface area contributed by atoms with Gasteiger partial charge < -0.3 is 0 Å². The minimum atomic E-state index is 0.607. The van der Waals surface area contributed by atoms with E-state index in [-0.39, 0.29) is 0 Å². The van der Waals surface area contributed by atoms with Crippen LogP contribution in [0.1, 0.15) is 26.3 Å². The van der Waals surface area contributed by atoms with Crippen molar-refractivity contribution in [3.8, 4) is 0 Å². The van der Waals surface area contributed by atoms with Gasteiger partial charge in [0.05, 0.1) is 0 Å². The molecule has 0 nitrogen and oxygen atoms in total. The van der Waals surface area contributed by atoms with Crippen LogP contribution in [0, 0.1) is 5.92 Å². The molecule has 0 unspecified atom stereocenters. The van der Waals surface area contributed by atoms with E-state index in [9.17, 15) is 0 Å². The van der Waals surface area contributed by atoms with E-state index in [4.69, 9.17) is 11.6 Å². The normalized spacial score (nSPS) is 12.2. The van der Waals surface area contributed by atoms with Crippen molar-refractivity contribution in [2.24, 2.45) is 5.92 Å². The fourth-order valence-corrected chi connectivity index (χ4v) is 1.11. The van der Waals surface area contributed by atoms with Gasteiger partial charge in [-0.05, 0) is 30.5 Å². The minimum Gasteiger partial charge on any atom is -0.0843 e. The summed E-state index contributed by atoms with van der Waals surface area (Å²) in [6.45, 7) is 6.54. The molecule has 0 aromatic heterocycles. The number of rotatable bonds is 2. The number of halogens is 1. The van der Waals surface area contributed by atoms with Gasteiger partial charge >= 0.3 is 0 Å². The molecule has 13 heavy (non-hydrogen) atoms. The molecule has 0 radical (unpaired) electrons. The first kappa shape index (κ1) is 10.3. The van der Waals surface area contributed by atoms with Gasteiger partial charge in [-0.25, -0.2) is 0 Å². The van der Waals surface area contributed by atoms with Crippen LogP contribution < -0.4 is 0 Å². The standard InChI is InChI=1S/C12H15Cl/c1-9(2)10(3)8-11-4-6-12(13)7-5-11/h4-9H,1-3H3/b10-8+. The van der Waals surface area contributed by atoms with Crippen LogP contribution in [-0.2, 0) is 0 Å². The summed E-state index contributed by atoms with van der Waals surface area (Å²) in [5, 5.41) is 0.791. The molecule has 0 N–H and O–H groups in total. The van der Waals surface area contributed by atoms with Gasteiger partial charge in [-0.15, -0.1) is 0 Å². The monoisotopic (exact) mass is 194 g/mol. The quantitative estimate of drug-likeness (QED) is 0.655. The van der Waals surface area contributed by atoms with Crippen LogP contribution in [0.4, 0.5) is 0 Å². The van der Waals surface area contributed by atoms with E-state index in [1.807, 2.05) is 24.3 Å². The molecule has 0 aliphatic carbocycles. The molecule has 0 fully saturated rings. The van der Waals surface area contributed by atoms with Crippen molar-refractivity contribution in [3.05, 3.63) is 40.4 Å². The average Bonchev–Trinajstić information content (AvgIpc) is 2.08. The van der Waals surface area contributed by atoms with Crippen LogP contribution >= 0.6 is 11.6 Å². The smallest absolute Gasteiger partial charge is 0.0406 e. The molecule has 1 aromatic rings. The van der Waals surface area contributed by atoms with Gasteiger partial charge in [0.1, 0.15) is 0 Å². The molecule has 0 saturated carbocycles. The molecule has 70 valence electrons. The minimum absolute atomic E-state index is 0.607. The Kier molecular flexibility index (Phi) is 3.56. The topological polar surface area (TPSA) is 0 Å². The van der Waals surface area contributed by atoms with Gasteiger partial charge in [0, 0.05) is 5.02 Å². The van der Waals surface area contributed by atoms with Crippen LogP contribution in [0.2, 0.25) is 5.02 Å². The molecular weight excluding hydrogens is 180 g/mol. The molecule has 0 amide bonds. The van der Waals surface area contributed by atoms with Crippen molar-refractivity contribution in [2.75, 3.05) is 0 Å². The highest BCUT2D eigenvalue weighted by Gasteiger charge is 1.96. The fourth-order valence-electron chi connectivity index (χ4n) is 0.989. The Labute approximate surface area is 85.2 Å². The third-order valence-corrected chi connectivity index (χ3v) is 2.43. The molecule has 0 atom stereocenters. The van der Waals surface area contributed by atoms with Gasteiger partial charge in [-0.3, -0.25) is 0 Å². The number of hydrogen-bond acceptors (Lipinski definition) is 0. The maximum atomic E-state index is 5.79. The molecule has 0 saturated heterocycles. The fraction of sp³-hybridized carbons (Fsp3) is 0.333. The Morgan fingerprint density at radius 2 is 1.77 bits per heavy atom. The molecule has 0 aliphatic rings. The first-order valence-electron chi connectivity index (χ1n) is 4.53. The summed E-state index contributed by atoms with van der Waals surface area (Å²) < 4.78 is 0. The van der Waals surface area contributed by atoms with Crippen LogP contribution in [0.25, 0.3) is 6.08 Å². The molecule has 1 heteroatoms. The van der Waals surface area contributed by atoms with Gasteiger partial charge in [-0.1, -0.05) is 49.2 Å². The molecule has 1 aromatic carbocycles. The lowest BCUT2D eigenvalue weighted by molar-refractivity contribution is 0.776. The zero-order valence-electron chi connectivity index (χ0n) is 8.34. The summed E-state index contributed by atoms with van der Waals surface area (Å²) in [5.74, 6) is 0.607. The van der Waals surface area contributed by atoms with Crippen LogP contribution in [-0.4, -0.2) is 0 Å². The lowest BCUT2D eigenvalue weighted by atomic mass is 10.0. The molecule has 0 spiro atoms. The number of allylic oxidation sites excluding steroid dienone is 1. The maximum absolute atomic E-state index is 5.79. The second-order valence-corrected chi connectivity index (χ2v) is 4.03. The highest BCUT2D eigenvalue weighted by atomic mass is 35.5. The Balaban J connectivity index is 2.85. The molecule has 1 rings (SSSR count). The first-order chi connectivity index (χ1) is 6.09. The van der Waals surface area contributed by atoms with Crippen molar-refractivity contribution in [2.45, 2.75) is 20.8 Å². The predicted molar refractivity (Wildman–Crippen MR) is 59.9 cm³/mol. The van der Waals surface area contributed by atoms with Crippen LogP contribution in [0.5, 0.6) is 0 Å². The van der Waals surface area contributed by atoms with Gasteiger partial charge in [-0.2, -0.15) is 0 Å². The van der Waals surface area contributed by atoms with Gasteiger partial charge in [0.2, 0.25) is 0 Å². The Morgan fingerprint density at radius 3 is 2.23 bits per heavy atom. The van der Waals surface area contributed by atoms with E-state index in [1.54, 1.807) is 0 Å². The lowest BCUT2D eigenvalue weighted by Crippen LogP contribution is -1.87. The molecule has 0 bridgehead atoms. The van der Waals surface area contributed by atoms with Gasteiger partial charge in [0.25, 0.3) is 0 Å². The van der Waals surface area contributed by atoms with E-state index in [1.165, 1.54) is 11.1 Å². The summed E-state index contributed by atoms with van der Waals surface area (Å²) >= 11 is 5.79. The zero-order chi connectivity index (χ0) is 9.84. The number of benzene rings is 1. The van der Waals surface area contributed by atoms with Crippen LogP contribution in [0.15, 0.2) is 29.8 Å². The zero-order valence-corrected chi connectivity index (χ0v) is 9.10. The second-order valence-electron chi connectivity index (χ2n) is 3.59. The van der Waals surface area contributed by atoms with E-state index >= 15 is 0 Å². The highest BCUT2D eigenvalue weighted by Crippen LogP contribution is 2.15. The van der Waals surface area contributed by atoms with Crippen molar-refractivity contribution in [1.29, 1.82) is 0 Å². The highest BCUT2D eigenvalue weighted by molar-refractivity contribution is 6.30. The summed E-state index contributed by atoms with van der Waals surface area (Å²) in [6, 6.07) is 7.91. The van der Waals surface area contributed by atoms with Crippen LogP contribution in [0.3, 0.4) is 0 Å². The lowest BCUT2D eigenvalue weighted by Gasteiger charge is -2.04. The SMILES string of the molecule is C/C(=C\c1ccc(Cl)cc1)C(C)C. The summed E-state index contributed by atoms with van der Waals surface area (Å²) in [4.78, 5) is 0. The molecule has 0 aliphatic heterocycles. The van der Waals surface area contributed by atoms with E-state index in [2.05, 4.69) is 26.8 Å². The third-order valence-electron chi connectivity index (χ3n) is 2.18. The Morgan fingerprint density at radius 1 is 1.23 bits per heavy atom. The van der Waals surface area contributed by atoms with Crippen molar-refractivity contribution < 1.29 is 0 Å². The first-order valence-corrected chi connectivity index (χ1v) is 4.91. The summed E-state index contributed by atoms with van der Waals surface area (Å²) in [5.41, 5.74) is 2.61. The summed E-state index contributed by atoms with van der Waals surface area (Å²) in [7, 11) is 0. The largest absolute Gasteiger partial charge is 0.0843 e. The summed E-state index contributed by atoms with van der Waals surface area (Å²) in [6.07, 6.45) is 2.20. The maximum Gasteiger partial charge on any atom is 0.0406 e. The molecule has 0 heterocycles. The van der Waals surface area contributed by atoms with Crippen molar-refractivity contribution in [1.82, 2.24) is 0 Å². The number of hydrogen-bond donors (Lipinski definition) is 0. The Bertz CT molecular complexity index is 293.